The van der Waals surface area contributed by atoms with Crippen molar-refractivity contribution < 1.29 is 30.8 Å². The number of halogens is 3. The number of Topliss-reactive ketones (excluding diaryl/α,β-unsaturated/α-hetero) is 1. The third-order valence-corrected chi connectivity index (χ3v) is 7.78. The summed E-state index contributed by atoms with van der Waals surface area (Å²) in [5.74, 6) is 0.183. The van der Waals surface area contributed by atoms with Crippen LogP contribution in [0.5, 0.6) is 0 Å². The second-order valence-electron chi connectivity index (χ2n) is 7.89. The molecule has 2 aromatic carbocycles. The fraction of sp³-hybridized carbons (Fsp3) is 0.125. The fourth-order valence-electron chi connectivity index (χ4n) is 3.63. The predicted molar refractivity (Wildman–Crippen MR) is 132 cm³/mol. The minimum absolute atomic E-state index is 0.0132. The molecule has 1 aliphatic heterocycles. The zero-order valence-electron chi connectivity index (χ0n) is 18.8. The van der Waals surface area contributed by atoms with E-state index >= 15 is 0 Å². The molecule has 3 heterocycles. The highest BCUT2D eigenvalue weighted by Crippen LogP contribution is 2.34. The first-order valence-electron chi connectivity index (χ1n) is 10.8. The number of carbonyl (C=O) groups excluding carboxylic acids is 1. The lowest BCUT2D eigenvalue weighted by atomic mass is 10.2. The summed E-state index contributed by atoms with van der Waals surface area (Å²) in [6, 6.07) is 17.8. The number of alkyl halides is 3. The maximum atomic E-state index is 13.3. The van der Waals surface area contributed by atoms with Gasteiger partial charge in [0, 0.05) is 11.8 Å². The van der Waals surface area contributed by atoms with Crippen molar-refractivity contribution in [1.29, 1.82) is 0 Å². The van der Waals surface area contributed by atoms with Crippen LogP contribution in [0.1, 0.15) is 5.69 Å². The van der Waals surface area contributed by atoms with E-state index < -0.39 is 21.9 Å². The molecule has 0 spiro atoms. The Labute approximate surface area is 213 Å². The molecule has 1 aliphatic rings. The van der Waals surface area contributed by atoms with Gasteiger partial charge in [0.15, 0.2) is 22.4 Å². The normalized spacial score (nSPS) is 15.9. The molecule has 0 amide bonds. The Morgan fingerprint density at radius 2 is 1.70 bits per heavy atom. The van der Waals surface area contributed by atoms with E-state index in [0.29, 0.717) is 5.69 Å². The minimum Gasteiger partial charge on any atom is -0.463 e. The van der Waals surface area contributed by atoms with Crippen molar-refractivity contribution in [3.8, 4) is 17.1 Å². The van der Waals surface area contributed by atoms with E-state index in [1.807, 2.05) is 0 Å². The number of rotatable bonds is 5. The first-order chi connectivity index (χ1) is 17.6. The number of hydrogen-bond donors (Lipinski definition) is 0. The lowest BCUT2D eigenvalue weighted by molar-refractivity contribution is -0.141. The Morgan fingerprint density at radius 3 is 2.35 bits per heavy atom. The summed E-state index contributed by atoms with van der Waals surface area (Å²) in [7, 11) is -4.20. The van der Waals surface area contributed by atoms with Gasteiger partial charge in [0.2, 0.25) is 0 Å². The molecule has 5 rings (SSSR count). The largest absolute Gasteiger partial charge is 0.463 e. The highest BCUT2D eigenvalue weighted by atomic mass is 32.2. The summed E-state index contributed by atoms with van der Waals surface area (Å²) in [4.78, 5) is 13.4. The van der Waals surface area contributed by atoms with Crippen LogP contribution in [0, 0.1) is 0 Å². The Bertz CT molecular complexity index is 1560. The van der Waals surface area contributed by atoms with Crippen molar-refractivity contribution in [2.24, 2.45) is 4.40 Å². The number of anilines is 1. The Kier molecular flexibility index (Phi) is 6.42. The van der Waals surface area contributed by atoms with Gasteiger partial charge in [-0.05, 0) is 48.5 Å². The first-order valence-corrected chi connectivity index (χ1v) is 13.2. The van der Waals surface area contributed by atoms with E-state index in [1.165, 1.54) is 47.6 Å². The molecule has 0 N–H and O–H groups in total. The van der Waals surface area contributed by atoms with Gasteiger partial charge in [-0.2, -0.15) is 26.7 Å². The van der Waals surface area contributed by atoms with E-state index in [-0.39, 0.29) is 45.3 Å². The second-order valence-corrected chi connectivity index (χ2v) is 10.4. The molecule has 0 radical (unpaired) electrons. The number of para-hydroxylation sites is 1. The third-order valence-electron chi connectivity index (χ3n) is 5.35. The Balaban J connectivity index is 1.49. The third kappa shape index (κ3) is 5.18. The average molecular weight is 547 g/mol. The summed E-state index contributed by atoms with van der Waals surface area (Å²) in [6.45, 7) is -0.0132. The van der Waals surface area contributed by atoms with Crippen LogP contribution in [0.2, 0.25) is 0 Å². The van der Waals surface area contributed by atoms with E-state index in [1.54, 1.807) is 30.3 Å². The van der Waals surface area contributed by atoms with Crippen LogP contribution in [0.15, 0.2) is 92.8 Å². The topological polar surface area (TPSA) is 97.8 Å². The van der Waals surface area contributed by atoms with Gasteiger partial charge < -0.3 is 9.32 Å². The number of amidine groups is 1. The van der Waals surface area contributed by atoms with Gasteiger partial charge in [-0.1, -0.05) is 30.0 Å². The number of carbonyl (C=O) groups is 1. The molecule has 0 aliphatic carbocycles. The van der Waals surface area contributed by atoms with Crippen LogP contribution in [0.4, 0.5) is 18.9 Å². The quantitative estimate of drug-likeness (QED) is 0.347. The van der Waals surface area contributed by atoms with Crippen molar-refractivity contribution in [3.05, 3.63) is 84.8 Å². The van der Waals surface area contributed by atoms with E-state index in [0.717, 1.165) is 22.5 Å². The zero-order valence-corrected chi connectivity index (χ0v) is 20.4. The standard InChI is InChI=1S/C24H17F3N4O4S2/c25-24(26,27)22-13-20(21-7-4-12-35-21)31(28-22)17-8-10-19(11-9-17)37(33,34)29-23-30(14-18(32)15-36-23)16-5-2-1-3-6-16/h1-13H,14-15H2/b29-23-. The lowest BCUT2D eigenvalue weighted by Gasteiger charge is -2.28. The van der Waals surface area contributed by atoms with Gasteiger partial charge in [-0.15, -0.1) is 4.40 Å². The molecule has 0 unspecified atom stereocenters. The lowest BCUT2D eigenvalue weighted by Crippen LogP contribution is -2.40. The van der Waals surface area contributed by atoms with Gasteiger partial charge in [0.25, 0.3) is 10.0 Å². The number of furan rings is 1. The SMILES string of the molecule is O=C1CS/C(=N\S(=O)(=O)c2ccc(-n3nc(C(F)(F)F)cc3-c3ccco3)cc2)N(c2ccccc2)C1. The van der Waals surface area contributed by atoms with Crippen LogP contribution in [0.3, 0.4) is 0 Å². The highest BCUT2D eigenvalue weighted by Gasteiger charge is 2.36. The number of sulfonamides is 1. The van der Waals surface area contributed by atoms with Gasteiger partial charge in [0.1, 0.15) is 5.69 Å². The highest BCUT2D eigenvalue weighted by molar-refractivity contribution is 8.15. The fourth-order valence-corrected chi connectivity index (χ4v) is 5.73. The number of ketones is 1. The van der Waals surface area contributed by atoms with Crippen LogP contribution in [-0.4, -0.2) is 41.4 Å². The van der Waals surface area contributed by atoms with Crippen molar-refractivity contribution >= 4 is 38.4 Å². The maximum absolute atomic E-state index is 13.3. The zero-order chi connectivity index (χ0) is 26.2. The summed E-state index contributed by atoms with van der Waals surface area (Å²) < 4.78 is 76.4. The second kappa shape index (κ2) is 9.56. The number of aromatic nitrogens is 2. The smallest absolute Gasteiger partial charge is 0.435 e. The molecule has 190 valence electrons. The van der Waals surface area contributed by atoms with Crippen LogP contribution in [0.25, 0.3) is 17.1 Å². The molecule has 0 bridgehead atoms. The van der Waals surface area contributed by atoms with Gasteiger partial charge in [-0.3, -0.25) is 4.79 Å². The molecule has 0 saturated carbocycles. The molecular formula is C24H17F3N4O4S2. The molecule has 0 atom stereocenters. The van der Waals surface area contributed by atoms with E-state index in [4.69, 9.17) is 4.42 Å². The van der Waals surface area contributed by atoms with Crippen molar-refractivity contribution in [1.82, 2.24) is 9.78 Å². The molecule has 37 heavy (non-hydrogen) atoms. The first kappa shape index (κ1) is 24.8. The predicted octanol–water partition coefficient (Wildman–Crippen LogP) is 5.02. The van der Waals surface area contributed by atoms with Gasteiger partial charge >= 0.3 is 6.18 Å². The number of thioether (sulfide) groups is 1. The molecule has 1 saturated heterocycles. The monoisotopic (exact) mass is 546 g/mol. The van der Waals surface area contributed by atoms with Crippen molar-refractivity contribution in [2.45, 2.75) is 11.1 Å². The Morgan fingerprint density at radius 1 is 0.973 bits per heavy atom. The molecule has 8 nitrogen and oxygen atoms in total. The summed E-state index contributed by atoms with van der Waals surface area (Å²) >= 11 is 1.02. The molecule has 4 aromatic rings. The number of hydrogen-bond acceptors (Lipinski definition) is 6. The van der Waals surface area contributed by atoms with Crippen LogP contribution >= 0.6 is 11.8 Å². The summed E-state index contributed by atoms with van der Waals surface area (Å²) in [6.07, 6.45) is -3.36. The number of benzene rings is 2. The summed E-state index contributed by atoms with van der Waals surface area (Å²) in [5, 5.41) is 3.81. The summed E-state index contributed by atoms with van der Waals surface area (Å²) in [5.41, 5.74) is -0.254. The molecule has 2 aromatic heterocycles. The van der Waals surface area contributed by atoms with E-state index in [9.17, 15) is 26.4 Å². The van der Waals surface area contributed by atoms with Gasteiger partial charge in [-0.25, -0.2) is 4.68 Å². The molecule has 13 heteroatoms. The van der Waals surface area contributed by atoms with Crippen LogP contribution in [-0.2, 0) is 21.0 Å². The van der Waals surface area contributed by atoms with Crippen molar-refractivity contribution in [2.75, 3.05) is 17.2 Å². The molecule has 1 fully saturated rings. The van der Waals surface area contributed by atoms with E-state index in [2.05, 4.69) is 9.50 Å². The minimum atomic E-state index is -4.68. The molecular weight excluding hydrogens is 529 g/mol. The van der Waals surface area contributed by atoms with Crippen LogP contribution < -0.4 is 4.90 Å². The number of nitrogens with zero attached hydrogens (tertiary/aromatic N) is 4. The maximum Gasteiger partial charge on any atom is 0.435 e. The average Bonchev–Trinajstić information content (AvgIpc) is 3.56. The van der Waals surface area contributed by atoms with Crippen molar-refractivity contribution in [3.63, 3.8) is 0 Å². The van der Waals surface area contributed by atoms with Gasteiger partial charge in [0.05, 0.1) is 29.1 Å². The Hall–Kier alpha value is -3.84.